The summed E-state index contributed by atoms with van der Waals surface area (Å²) in [7, 11) is 0. The normalized spacial score (nSPS) is 14.6. The van der Waals surface area contributed by atoms with E-state index in [0.717, 1.165) is 0 Å². The molecule has 4 rings (SSSR count). The topological polar surface area (TPSA) is 95.9 Å². The van der Waals surface area contributed by atoms with Gasteiger partial charge in [-0.15, -0.1) is 0 Å². The van der Waals surface area contributed by atoms with Gasteiger partial charge in [0.15, 0.2) is 0 Å². The van der Waals surface area contributed by atoms with Crippen molar-refractivity contribution < 1.29 is 24.2 Å². The number of nitrogens with one attached hydrogen (secondary N) is 1. The van der Waals surface area contributed by atoms with Crippen molar-refractivity contribution in [2.24, 2.45) is 0 Å². The van der Waals surface area contributed by atoms with E-state index in [9.17, 15) is 14.4 Å². The van der Waals surface area contributed by atoms with Crippen molar-refractivity contribution >= 4 is 29.5 Å². The summed E-state index contributed by atoms with van der Waals surface area (Å²) < 4.78 is 5.86. The number of carboxylic acid groups (broad SMARTS) is 1. The standard InChI is InChI=1S/C24H18N2O5/c27-22-20(23(28)26(25-22)19-10-2-1-3-11-19)14-17-8-4-5-12-21(17)31-15-16-7-6-9-18(13-16)24(29)30/h1-14H,15H2,(H,25,27)(H,29,30). The number of rotatable bonds is 6. The number of benzene rings is 3. The maximum Gasteiger partial charge on any atom is 0.335 e. The zero-order chi connectivity index (χ0) is 21.8. The second kappa shape index (κ2) is 8.54. The number of amides is 2. The number of hydrazine groups is 1. The molecule has 3 aromatic rings. The van der Waals surface area contributed by atoms with E-state index >= 15 is 0 Å². The number of aromatic carboxylic acids is 1. The molecule has 0 aromatic heterocycles. The van der Waals surface area contributed by atoms with Crippen molar-refractivity contribution in [3.8, 4) is 5.75 Å². The van der Waals surface area contributed by atoms with Gasteiger partial charge in [0.1, 0.15) is 17.9 Å². The lowest BCUT2D eigenvalue weighted by Gasteiger charge is -2.14. The molecular weight excluding hydrogens is 396 g/mol. The lowest BCUT2D eigenvalue weighted by atomic mass is 10.1. The molecule has 31 heavy (non-hydrogen) atoms. The summed E-state index contributed by atoms with van der Waals surface area (Å²) in [4.78, 5) is 36.4. The van der Waals surface area contributed by atoms with E-state index in [2.05, 4.69) is 5.43 Å². The zero-order valence-electron chi connectivity index (χ0n) is 16.3. The molecule has 0 spiro atoms. The Labute approximate surface area is 178 Å². The predicted octanol–water partition coefficient (Wildman–Crippen LogP) is 3.43. The largest absolute Gasteiger partial charge is 0.488 e. The van der Waals surface area contributed by atoms with Gasteiger partial charge in [-0.2, -0.15) is 0 Å². The quantitative estimate of drug-likeness (QED) is 0.476. The molecule has 0 aliphatic carbocycles. The fourth-order valence-electron chi connectivity index (χ4n) is 3.16. The van der Waals surface area contributed by atoms with Gasteiger partial charge in [0.2, 0.25) is 0 Å². The van der Waals surface area contributed by atoms with Crippen LogP contribution in [0.4, 0.5) is 5.69 Å². The molecule has 7 heteroatoms. The molecule has 154 valence electrons. The van der Waals surface area contributed by atoms with Gasteiger partial charge in [-0.25, -0.2) is 9.80 Å². The van der Waals surface area contributed by atoms with Crippen molar-refractivity contribution in [2.75, 3.05) is 5.01 Å². The molecule has 3 aromatic carbocycles. The average molecular weight is 414 g/mol. The lowest BCUT2D eigenvalue weighted by molar-refractivity contribution is -0.117. The lowest BCUT2D eigenvalue weighted by Crippen LogP contribution is -2.35. The first kappa shape index (κ1) is 19.9. The van der Waals surface area contributed by atoms with E-state index in [1.54, 1.807) is 60.7 Å². The fourth-order valence-corrected chi connectivity index (χ4v) is 3.16. The number of hydrogen-bond donors (Lipinski definition) is 2. The minimum Gasteiger partial charge on any atom is -0.488 e. The molecule has 1 aliphatic rings. The molecule has 0 radical (unpaired) electrons. The summed E-state index contributed by atoms with van der Waals surface area (Å²) in [6, 6.07) is 22.3. The highest BCUT2D eigenvalue weighted by molar-refractivity contribution is 6.31. The van der Waals surface area contributed by atoms with Crippen LogP contribution in [0.1, 0.15) is 21.5 Å². The van der Waals surface area contributed by atoms with Crippen LogP contribution in [-0.2, 0) is 16.2 Å². The molecule has 2 amide bonds. The van der Waals surface area contributed by atoms with E-state index in [0.29, 0.717) is 22.6 Å². The van der Waals surface area contributed by atoms with Gasteiger partial charge in [-0.3, -0.25) is 15.0 Å². The van der Waals surface area contributed by atoms with Crippen LogP contribution in [0.5, 0.6) is 5.75 Å². The third-order valence-electron chi connectivity index (χ3n) is 4.69. The summed E-state index contributed by atoms with van der Waals surface area (Å²) >= 11 is 0. The molecule has 0 bridgehead atoms. The van der Waals surface area contributed by atoms with Crippen molar-refractivity contribution in [1.29, 1.82) is 0 Å². The van der Waals surface area contributed by atoms with Crippen LogP contribution in [0.15, 0.2) is 84.4 Å². The van der Waals surface area contributed by atoms with E-state index < -0.39 is 17.8 Å². The average Bonchev–Trinajstić information content (AvgIpc) is 3.07. The molecule has 1 aliphatic heterocycles. The Bertz CT molecular complexity index is 1190. The monoisotopic (exact) mass is 414 g/mol. The second-order valence-electron chi connectivity index (χ2n) is 6.81. The van der Waals surface area contributed by atoms with Crippen molar-refractivity contribution in [2.45, 2.75) is 6.61 Å². The van der Waals surface area contributed by atoms with E-state index in [1.807, 2.05) is 6.07 Å². The Morgan fingerprint density at radius 3 is 2.48 bits per heavy atom. The van der Waals surface area contributed by atoms with Crippen LogP contribution in [0.3, 0.4) is 0 Å². The molecule has 0 unspecified atom stereocenters. The van der Waals surface area contributed by atoms with Gasteiger partial charge in [-0.05, 0) is 42.0 Å². The van der Waals surface area contributed by atoms with Crippen LogP contribution in [0.25, 0.3) is 6.08 Å². The second-order valence-corrected chi connectivity index (χ2v) is 6.81. The van der Waals surface area contributed by atoms with Gasteiger partial charge < -0.3 is 9.84 Å². The Kier molecular flexibility index (Phi) is 5.49. The van der Waals surface area contributed by atoms with Crippen LogP contribution >= 0.6 is 0 Å². The number of nitrogens with zero attached hydrogens (tertiary/aromatic N) is 1. The maximum atomic E-state index is 12.8. The molecule has 1 heterocycles. The Morgan fingerprint density at radius 1 is 0.968 bits per heavy atom. The van der Waals surface area contributed by atoms with Gasteiger partial charge in [0.25, 0.3) is 11.8 Å². The van der Waals surface area contributed by atoms with E-state index in [1.165, 1.54) is 23.2 Å². The van der Waals surface area contributed by atoms with Crippen LogP contribution in [0, 0.1) is 0 Å². The molecule has 1 saturated heterocycles. The van der Waals surface area contributed by atoms with Crippen molar-refractivity contribution in [3.63, 3.8) is 0 Å². The Balaban J connectivity index is 1.57. The summed E-state index contributed by atoms with van der Waals surface area (Å²) in [5.41, 5.74) is 4.54. The smallest absolute Gasteiger partial charge is 0.335 e. The van der Waals surface area contributed by atoms with Gasteiger partial charge >= 0.3 is 5.97 Å². The predicted molar refractivity (Wildman–Crippen MR) is 114 cm³/mol. The highest BCUT2D eigenvalue weighted by atomic mass is 16.5. The molecule has 2 N–H and O–H groups in total. The number of carbonyl (C=O) groups excluding carboxylic acids is 2. The van der Waals surface area contributed by atoms with E-state index in [-0.39, 0.29) is 17.7 Å². The number of para-hydroxylation sites is 2. The number of carbonyl (C=O) groups is 3. The Hall–Kier alpha value is -4.39. The summed E-state index contributed by atoms with van der Waals surface area (Å²) in [6.07, 6.45) is 1.49. The number of anilines is 1. The van der Waals surface area contributed by atoms with E-state index in [4.69, 9.17) is 9.84 Å². The van der Waals surface area contributed by atoms with Crippen molar-refractivity contribution in [1.82, 2.24) is 5.43 Å². The molecule has 0 saturated carbocycles. The SMILES string of the molecule is O=C1NN(c2ccccc2)C(=O)C1=Cc1ccccc1OCc1cccc(C(=O)O)c1. The third kappa shape index (κ3) is 4.30. The fraction of sp³-hybridized carbons (Fsp3) is 0.0417. The van der Waals surface area contributed by atoms with Gasteiger partial charge in [-0.1, -0.05) is 48.5 Å². The van der Waals surface area contributed by atoms with Crippen LogP contribution in [-0.4, -0.2) is 22.9 Å². The minimum absolute atomic E-state index is 0.00669. The highest BCUT2D eigenvalue weighted by Crippen LogP contribution is 2.26. The summed E-state index contributed by atoms with van der Waals surface area (Å²) in [6.45, 7) is 0.136. The first-order valence-corrected chi connectivity index (χ1v) is 9.49. The molecule has 1 fully saturated rings. The number of hydrogen-bond acceptors (Lipinski definition) is 4. The van der Waals surface area contributed by atoms with Crippen LogP contribution in [0.2, 0.25) is 0 Å². The first-order valence-electron chi connectivity index (χ1n) is 9.49. The Morgan fingerprint density at radius 2 is 1.71 bits per heavy atom. The maximum absolute atomic E-state index is 12.8. The number of carboxylic acids is 1. The molecular formula is C24H18N2O5. The zero-order valence-corrected chi connectivity index (χ0v) is 16.3. The van der Waals surface area contributed by atoms with Gasteiger partial charge in [0.05, 0.1) is 11.3 Å². The summed E-state index contributed by atoms with van der Waals surface area (Å²) in [5, 5.41) is 10.3. The third-order valence-corrected chi connectivity index (χ3v) is 4.69. The number of ether oxygens (including phenoxy) is 1. The van der Waals surface area contributed by atoms with Gasteiger partial charge in [0, 0.05) is 5.56 Å². The molecule has 7 nitrogen and oxygen atoms in total. The highest BCUT2D eigenvalue weighted by Gasteiger charge is 2.34. The van der Waals surface area contributed by atoms with Crippen LogP contribution < -0.4 is 15.2 Å². The minimum atomic E-state index is -1.01. The molecule has 0 atom stereocenters. The van der Waals surface area contributed by atoms with Crippen molar-refractivity contribution in [3.05, 3.63) is 101 Å². The first-order chi connectivity index (χ1) is 15.0. The summed E-state index contributed by atoms with van der Waals surface area (Å²) in [5.74, 6) is -1.51.